The summed E-state index contributed by atoms with van der Waals surface area (Å²) in [6, 6.07) is 8.58. The molecule has 2 amide bonds. The number of piperazine rings is 1. The molecule has 2 fully saturated rings. The van der Waals surface area contributed by atoms with Crippen LogP contribution in [0.25, 0.3) is 0 Å². The topological polar surface area (TPSA) is 47.1 Å². The Morgan fingerprint density at radius 3 is 2.03 bits per heavy atom. The third-order valence-electron chi connectivity index (χ3n) is 6.70. The van der Waals surface area contributed by atoms with E-state index in [4.69, 9.17) is 0 Å². The first-order valence-electron chi connectivity index (χ1n) is 12.1. The Bertz CT molecular complexity index is 703. The highest BCUT2D eigenvalue weighted by molar-refractivity contribution is 5.94. The van der Waals surface area contributed by atoms with Crippen LogP contribution in [0.2, 0.25) is 0 Å². The smallest absolute Gasteiger partial charge is 0.253 e. The number of likely N-dealkylation sites (tertiary alicyclic amines) is 1. The number of carbonyl (C=O) groups excluding carboxylic acids is 2. The average molecular weight is 429 g/mol. The van der Waals surface area contributed by atoms with Gasteiger partial charge in [-0.3, -0.25) is 19.4 Å². The lowest BCUT2D eigenvalue weighted by Crippen LogP contribution is -2.51. The fourth-order valence-electron chi connectivity index (χ4n) is 4.55. The fraction of sp³-hybridized carbons (Fsp3) is 0.680. The van der Waals surface area contributed by atoms with Crippen LogP contribution in [0.3, 0.4) is 0 Å². The molecule has 0 radical (unpaired) electrons. The van der Waals surface area contributed by atoms with E-state index in [0.29, 0.717) is 25.7 Å². The van der Waals surface area contributed by atoms with Crippen molar-refractivity contribution < 1.29 is 9.59 Å². The summed E-state index contributed by atoms with van der Waals surface area (Å²) < 4.78 is 0. The second-order valence-electron chi connectivity index (χ2n) is 9.22. The van der Waals surface area contributed by atoms with Gasteiger partial charge in [0.15, 0.2) is 0 Å². The Morgan fingerprint density at radius 2 is 1.48 bits per heavy atom. The molecule has 0 unspecified atom stereocenters. The van der Waals surface area contributed by atoms with Crippen LogP contribution in [0.1, 0.15) is 62.4 Å². The molecule has 1 aromatic carbocycles. The van der Waals surface area contributed by atoms with Gasteiger partial charge in [-0.2, -0.15) is 0 Å². The molecule has 0 N–H and O–H groups in total. The molecule has 6 heteroatoms. The Kier molecular flexibility index (Phi) is 8.90. The summed E-state index contributed by atoms with van der Waals surface area (Å²) >= 11 is 0. The van der Waals surface area contributed by atoms with Gasteiger partial charge in [0.2, 0.25) is 5.91 Å². The molecule has 0 spiro atoms. The predicted molar refractivity (Wildman–Crippen MR) is 125 cm³/mol. The lowest BCUT2D eigenvalue weighted by molar-refractivity contribution is -0.132. The van der Waals surface area contributed by atoms with Crippen LogP contribution in [-0.2, 0) is 11.3 Å². The van der Waals surface area contributed by atoms with Gasteiger partial charge in [0.25, 0.3) is 5.91 Å². The largest absolute Gasteiger partial charge is 0.342 e. The van der Waals surface area contributed by atoms with Crippen LogP contribution in [0.5, 0.6) is 0 Å². The van der Waals surface area contributed by atoms with Crippen molar-refractivity contribution >= 4 is 11.8 Å². The third-order valence-corrected chi connectivity index (χ3v) is 6.70. The van der Waals surface area contributed by atoms with E-state index < -0.39 is 0 Å². The van der Waals surface area contributed by atoms with Crippen molar-refractivity contribution in [2.24, 2.45) is 0 Å². The molecule has 0 atom stereocenters. The number of nitrogens with zero attached hydrogens (tertiary/aromatic N) is 4. The van der Waals surface area contributed by atoms with E-state index in [1.165, 1.54) is 18.4 Å². The summed E-state index contributed by atoms with van der Waals surface area (Å²) in [6.45, 7) is 13.7. The molecule has 0 saturated carbocycles. The van der Waals surface area contributed by atoms with Gasteiger partial charge in [-0.1, -0.05) is 31.9 Å². The molecular formula is C25H40N4O2. The van der Waals surface area contributed by atoms with Gasteiger partial charge in [-0.25, -0.2) is 0 Å². The van der Waals surface area contributed by atoms with Crippen molar-refractivity contribution in [3.8, 4) is 0 Å². The highest BCUT2D eigenvalue weighted by atomic mass is 16.2. The Balaban J connectivity index is 1.46. The molecule has 2 aliphatic heterocycles. The monoisotopic (exact) mass is 428 g/mol. The molecule has 0 aliphatic carbocycles. The number of amides is 2. The molecule has 2 saturated heterocycles. The molecule has 31 heavy (non-hydrogen) atoms. The number of hydrogen-bond acceptors (Lipinski definition) is 4. The summed E-state index contributed by atoms with van der Waals surface area (Å²) in [5, 5.41) is 0. The van der Waals surface area contributed by atoms with Crippen molar-refractivity contribution in [1.29, 1.82) is 0 Å². The number of benzene rings is 1. The van der Waals surface area contributed by atoms with E-state index in [0.717, 1.165) is 57.7 Å². The standard InChI is InChI=1S/C25H40N4O2/c1-4-27(21(2)3)19-22-9-11-23(12-10-22)25(31)29-17-15-26(16-18-29)20-24(30)28-13-7-5-6-8-14-28/h9-12,21H,4-8,13-20H2,1-3H3. The fourth-order valence-corrected chi connectivity index (χ4v) is 4.55. The Hall–Kier alpha value is -1.92. The van der Waals surface area contributed by atoms with E-state index in [1.54, 1.807) is 0 Å². The quantitative estimate of drug-likeness (QED) is 0.670. The zero-order valence-electron chi connectivity index (χ0n) is 19.7. The van der Waals surface area contributed by atoms with Crippen LogP contribution < -0.4 is 0 Å². The minimum atomic E-state index is 0.0984. The van der Waals surface area contributed by atoms with Crippen LogP contribution in [0, 0.1) is 0 Å². The Labute approximate surface area is 188 Å². The predicted octanol–water partition coefficient (Wildman–Crippen LogP) is 3.08. The van der Waals surface area contributed by atoms with E-state index >= 15 is 0 Å². The molecule has 0 aromatic heterocycles. The van der Waals surface area contributed by atoms with Crippen molar-refractivity contribution in [1.82, 2.24) is 19.6 Å². The Morgan fingerprint density at radius 1 is 0.871 bits per heavy atom. The number of rotatable bonds is 7. The minimum Gasteiger partial charge on any atom is -0.342 e. The maximum absolute atomic E-state index is 12.9. The minimum absolute atomic E-state index is 0.0984. The lowest BCUT2D eigenvalue weighted by Gasteiger charge is -2.35. The maximum atomic E-state index is 12.9. The molecular weight excluding hydrogens is 388 g/mol. The van der Waals surface area contributed by atoms with Gasteiger partial charge in [0.1, 0.15) is 0 Å². The molecule has 1 aromatic rings. The molecule has 3 rings (SSSR count). The van der Waals surface area contributed by atoms with Crippen molar-refractivity contribution in [2.45, 2.75) is 59.0 Å². The molecule has 2 heterocycles. The SMILES string of the molecule is CCN(Cc1ccc(C(=O)N2CCN(CC(=O)N3CCCCCC3)CC2)cc1)C(C)C. The molecule has 2 aliphatic rings. The molecule has 172 valence electrons. The summed E-state index contributed by atoms with van der Waals surface area (Å²) in [7, 11) is 0. The molecule has 0 bridgehead atoms. The van der Waals surface area contributed by atoms with E-state index in [-0.39, 0.29) is 11.8 Å². The van der Waals surface area contributed by atoms with Gasteiger partial charge in [0, 0.05) is 57.4 Å². The lowest BCUT2D eigenvalue weighted by atomic mass is 10.1. The summed E-state index contributed by atoms with van der Waals surface area (Å²) in [5.74, 6) is 0.348. The van der Waals surface area contributed by atoms with Crippen molar-refractivity contribution in [2.75, 3.05) is 52.4 Å². The summed E-state index contributed by atoms with van der Waals surface area (Å²) in [5.41, 5.74) is 1.99. The number of carbonyl (C=O) groups is 2. The highest BCUT2D eigenvalue weighted by Gasteiger charge is 2.25. The van der Waals surface area contributed by atoms with Crippen LogP contribution in [0.15, 0.2) is 24.3 Å². The molecule has 6 nitrogen and oxygen atoms in total. The normalized spacial score (nSPS) is 18.5. The van der Waals surface area contributed by atoms with Crippen LogP contribution >= 0.6 is 0 Å². The van der Waals surface area contributed by atoms with Gasteiger partial charge in [-0.15, -0.1) is 0 Å². The second-order valence-corrected chi connectivity index (χ2v) is 9.22. The second kappa shape index (κ2) is 11.6. The van der Waals surface area contributed by atoms with E-state index in [1.807, 2.05) is 21.9 Å². The van der Waals surface area contributed by atoms with Gasteiger partial charge >= 0.3 is 0 Å². The third kappa shape index (κ3) is 6.78. The van der Waals surface area contributed by atoms with Gasteiger partial charge < -0.3 is 9.80 Å². The van der Waals surface area contributed by atoms with Gasteiger partial charge in [-0.05, 0) is 50.9 Å². The summed E-state index contributed by atoms with van der Waals surface area (Å²) in [6.07, 6.45) is 4.72. The average Bonchev–Trinajstić information content (AvgIpc) is 3.07. The first-order valence-corrected chi connectivity index (χ1v) is 12.1. The van der Waals surface area contributed by atoms with Crippen LogP contribution in [0.4, 0.5) is 0 Å². The number of hydrogen-bond donors (Lipinski definition) is 0. The summed E-state index contributed by atoms with van der Waals surface area (Å²) in [4.78, 5) is 34.1. The van der Waals surface area contributed by atoms with E-state index in [2.05, 4.69) is 42.7 Å². The van der Waals surface area contributed by atoms with Crippen molar-refractivity contribution in [3.05, 3.63) is 35.4 Å². The zero-order chi connectivity index (χ0) is 22.2. The van der Waals surface area contributed by atoms with Crippen molar-refractivity contribution in [3.63, 3.8) is 0 Å². The maximum Gasteiger partial charge on any atom is 0.253 e. The zero-order valence-corrected chi connectivity index (χ0v) is 19.7. The first-order chi connectivity index (χ1) is 15.0. The van der Waals surface area contributed by atoms with Crippen LogP contribution in [-0.4, -0.2) is 89.8 Å². The van der Waals surface area contributed by atoms with Gasteiger partial charge in [0.05, 0.1) is 6.54 Å². The highest BCUT2D eigenvalue weighted by Crippen LogP contribution is 2.14. The van der Waals surface area contributed by atoms with E-state index in [9.17, 15) is 9.59 Å². The first kappa shape index (κ1) is 23.7.